The van der Waals surface area contributed by atoms with Crippen LogP contribution in [-0.2, 0) is 6.42 Å². The molecule has 18 heavy (non-hydrogen) atoms. The monoisotopic (exact) mass is 250 g/mol. The molecule has 1 aliphatic heterocycles. The molecule has 0 unspecified atom stereocenters. The van der Waals surface area contributed by atoms with Gasteiger partial charge in [-0.05, 0) is 18.1 Å². The summed E-state index contributed by atoms with van der Waals surface area (Å²) < 4.78 is 5.14. The van der Waals surface area contributed by atoms with Crippen LogP contribution in [0.15, 0.2) is 18.2 Å². The van der Waals surface area contributed by atoms with E-state index in [-0.39, 0.29) is 17.7 Å². The van der Waals surface area contributed by atoms with E-state index in [4.69, 9.17) is 15.5 Å². The van der Waals surface area contributed by atoms with Crippen molar-refractivity contribution in [2.75, 3.05) is 0 Å². The third-order valence-corrected chi connectivity index (χ3v) is 2.68. The van der Waals surface area contributed by atoms with Gasteiger partial charge in [-0.25, -0.2) is 9.59 Å². The molecule has 2 rings (SSSR count). The molecule has 0 bridgehead atoms. The van der Waals surface area contributed by atoms with Gasteiger partial charge in [0, 0.05) is 0 Å². The molecule has 1 aliphatic rings. The number of carboxylic acid groups (broad SMARTS) is 1. The molecular formula is C10H11BN2O5. The van der Waals surface area contributed by atoms with E-state index in [1.807, 2.05) is 0 Å². The Bertz CT molecular complexity index is 507. The molecule has 0 spiro atoms. The third-order valence-electron chi connectivity index (χ3n) is 2.68. The third kappa shape index (κ3) is 2.23. The van der Waals surface area contributed by atoms with E-state index in [0.717, 1.165) is 0 Å². The van der Waals surface area contributed by atoms with Gasteiger partial charge in [0.2, 0.25) is 0 Å². The molecule has 0 radical (unpaired) electrons. The maximum Gasteiger partial charge on any atom is 0.547 e. The minimum absolute atomic E-state index is 0.0240. The van der Waals surface area contributed by atoms with E-state index in [2.05, 4.69) is 5.32 Å². The van der Waals surface area contributed by atoms with Crippen molar-refractivity contribution in [3.8, 4) is 5.75 Å². The van der Waals surface area contributed by atoms with E-state index >= 15 is 0 Å². The topological polar surface area (TPSA) is 122 Å². The maximum absolute atomic E-state index is 11.0. The van der Waals surface area contributed by atoms with E-state index in [1.165, 1.54) is 6.07 Å². The Morgan fingerprint density at radius 2 is 2.22 bits per heavy atom. The summed E-state index contributed by atoms with van der Waals surface area (Å²) in [5, 5.41) is 21.0. The molecule has 5 N–H and O–H groups in total. The van der Waals surface area contributed by atoms with Crippen LogP contribution in [0.25, 0.3) is 0 Å². The summed E-state index contributed by atoms with van der Waals surface area (Å²) in [5.74, 6) is -1.71. The van der Waals surface area contributed by atoms with E-state index in [9.17, 15) is 14.6 Å². The molecule has 1 aromatic rings. The number of nitrogens with two attached hydrogens (primary N) is 1. The van der Waals surface area contributed by atoms with Crippen molar-refractivity contribution in [2.24, 2.45) is 5.73 Å². The lowest BCUT2D eigenvalue weighted by atomic mass is 9.72. The quantitative estimate of drug-likeness (QED) is 0.521. The first-order valence-electron chi connectivity index (χ1n) is 5.25. The molecule has 1 aromatic carbocycles. The van der Waals surface area contributed by atoms with Crippen molar-refractivity contribution in [3.05, 3.63) is 29.3 Å². The molecule has 2 amide bonds. The fraction of sp³-hybridized carbons (Fsp3) is 0.200. The minimum atomic E-state index is -1.33. The Morgan fingerprint density at radius 1 is 1.50 bits per heavy atom. The smallest absolute Gasteiger partial charge is 0.534 e. The fourth-order valence-electron chi connectivity index (χ4n) is 1.90. The number of primary amides is 1. The lowest BCUT2D eigenvalue weighted by Gasteiger charge is -2.28. The van der Waals surface area contributed by atoms with Gasteiger partial charge in [0.1, 0.15) is 5.75 Å². The number of carbonyl (C=O) groups excluding carboxylic acids is 1. The van der Waals surface area contributed by atoms with Crippen LogP contribution in [0, 0.1) is 0 Å². The van der Waals surface area contributed by atoms with Crippen LogP contribution in [0.4, 0.5) is 4.79 Å². The predicted molar refractivity (Wildman–Crippen MR) is 62.2 cm³/mol. The molecular weight excluding hydrogens is 239 g/mol. The highest BCUT2D eigenvalue weighted by Gasteiger charge is 2.37. The largest absolute Gasteiger partial charge is 0.547 e. The van der Waals surface area contributed by atoms with Gasteiger partial charge < -0.3 is 25.8 Å². The summed E-state index contributed by atoms with van der Waals surface area (Å²) in [6.45, 7) is 0. The molecule has 0 aliphatic carbocycles. The second-order valence-electron chi connectivity index (χ2n) is 3.93. The van der Waals surface area contributed by atoms with Gasteiger partial charge in [0.05, 0.1) is 11.5 Å². The molecule has 1 heterocycles. The fourth-order valence-corrected chi connectivity index (χ4v) is 1.90. The summed E-state index contributed by atoms with van der Waals surface area (Å²) in [6.07, 6.45) is 0.251. The van der Waals surface area contributed by atoms with Gasteiger partial charge in [0.25, 0.3) is 0 Å². The van der Waals surface area contributed by atoms with Crippen LogP contribution in [-0.4, -0.2) is 35.2 Å². The van der Waals surface area contributed by atoms with E-state index in [1.54, 1.807) is 12.1 Å². The van der Waals surface area contributed by atoms with Crippen LogP contribution in [0.5, 0.6) is 5.75 Å². The van der Waals surface area contributed by atoms with Crippen molar-refractivity contribution in [2.45, 2.75) is 12.4 Å². The van der Waals surface area contributed by atoms with Crippen LogP contribution in [0.2, 0.25) is 0 Å². The number of hydrogen-bond donors (Lipinski definition) is 4. The van der Waals surface area contributed by atoms with Gasteiger partial charge in [-0.1, -0.05) is 12.1 Å². The van der Waals surface area contributed by atoms with E-state index in [0.29, 0.717) is 5.56 Å². The van der Waals surface area contributed by atoms with Gasteiger partial charge in [0.15, 0.2) is 0 Å². The zero-order chi connectivity index (χ0) is 13.3. The Kier molecular flexibility index (Phi) is 3.11. The first-order valence-corrected chi connectivity index (χ1v) is 5.25. The van der Waals surface area contributed by atoms with Crippen LogP contribution >= 0.6 is 0 Å². The number of benzene rings is 1. The molecule has 8 heteroatoms. The van der Waals surface area contributed by atoms with Crippen molar-refractivity contribution in [1.29, 1.82) is 0 Å². The van der Waals surface area contributed by atoms with Crippen molar-refractivity contribution in [3.63, 3.8) is 0 Å². The van der Waals surface area contributed by atoms with Gasteiger partial charge in [-0.15, -0.1) is 0 Å². The molecule has 0 fully saturated rings. The van der Waals surface area contributed by atoms with Gasteiger partial charge >= 0.3 is 19.1 Å². The molecule has 94 valence electrons. The summed E-state index contributed by atoms with van der Waals surface area (Å²) >= 11 is 0. The lowest BCUT2D eigenvalue weighted by molar-refractivity contribution is 0.0694. The molecule has 1 atom stereocenters. The highest BCUT2D eigenvalue weighted by Crippen LogP contribution is 2.29. The number of nitrogens with one attached hydrogen (secondary N) is 1. The highest BCUT2D eigenvalue weighted by atomic mass is 16.5. The average molecular weight is 250 g/mol. The van der Waals surface area contributed by atoms with Crippen molar-refractivity contribution >= 4 is 19.1 Å². The molecule has 7 nitrogen and oxygen atoms in total. The zero-order valence-electron chi connectivity index (χ0n) is 9.29. The van der Waals surface area contributed by atoms with Crippen LogP contribution in [0.1, 0.15) is 15.9 Å². The summed E-state index contributed by atoms with van der Waals surface area (Å²) in [6, 6.07) is 3.85. The zero-order valence-corrected chi connectivity index (χ0v) is 9.29. The highest BCUT2D eigenvalue weighted by molar-refractivity contribution is 6.47. The summed E-state index contributed by atoms with van der Waals surface area (Å²) in [7, 11) is -1.33. The maximum atomic E-state index is 11.0. The SMILES string of the molecule is NC(=O)N[C@H]1Cc2cccc(C(=O)O)c2OB1O. The lowest BCUT2D eigenvalue weighted by Crippen LogP contribution is -2.54. The Morgan fingerprint density at radius 3 is 2.83 bits per heavy atom. The average Bonchev–Trinajstić information content (AvgIpc) is 2.28. The number of aromatic carboxylic acids is 1. The standard InChI is InChI=1S/C10H11BN2O5/c12-10(16)13-7-4-5-2-1-3-6(9(14)15)8(5)18-11(7)17/h1-3,7,17H,4H2,(H,14,15)(H3,12,13,16)/t7-/m0/s1. The number of urea groups is 1. The minimum Gasteiger partial charge on any atom is -0.534 e. The van der Waals surface area contributed by atoms with Crippen molar-refractivity contribution < 1.29 is 24.4 Å². The Hall–Kier alpha value is -2.22. The van der Waals surface area contributed by atoms with Gasteiger partial charge in [-0.3, -0.25) is 0 Å². The summed E-state index contributed by atoms with van der Waals surface area (Å²) in [4.78, 5) is 21.7. The number of hydrogen-bond acceptors (Lipinski definition) is 4. The number of amides is 2. The van der Waals surface area contributed by atoms with Crippen LogP contribution in [0.3, 0.4) is 0 Å². The number of carboxylic acids is 1. The van der Waals surface area contributed by atoms with Gasteiger partial charge in [-0.2, -0.15) is 0 Å². The van der Waals surface area contributed by atoms with Crippen molar-refractivity contribution in [1.82, 2.24) is 5.32 Å². The second-order valence-corrected chi connectivity index (χ2v) is 3.93. The number of fused-ring (bicyclic) bond motifs is 1. The molecule has 0 saturated carbocycles. The Labute approximate surface area is 103 Å². The number of para-hydroxylation sites is 1. The molecule has 0 aromatic heterocycles. The molecule has 0 saturated heterocycles. The predicted octanol–water partition coefficient (Wildman–Crippen LogP) is -0.624. The number of rotatable bonds is 2. The van der Waals surface area contributed by atoms with Crippen LogP contribution < -0.4 is 15.7 Å². The normalized spacial score (nSPS) is 17.6. The number of carbonyl (C=O) groups is 2. The first-order chi connectivity index (χ1) is 8.49. The first kappa shape index (κ1) is 12.2. The summed E-state index contributed by atoms with van der Waals surface area (Å²) in [5.41, 5.74) is 5.55. The second kappa shape index (κ2) is 4.57. The Balaban J connectivity index is 2.33. The van der Waals surface area contributed by atoms with E-state index < -0.39 is 25.1 Å².